The molecule has 2 rings (SSSR count). The largest absolute Gasteiger partial charge is 0.383 e. The van der Waals surface area contributed by atoms with Crippen molar-refractivity contribution in [3.05, 3.63) is 64.0 Å². The van der Waals surface area contributed by atoms with Crippen LogP contribution in [0.4, 0.5) is 5.69 Å². The number of nitro benzene ring substituents is 1. The van der Waals surface area contributed by atoms with Crippen LogP contribution in [0.15, 0.2) is 42.7 Å². The number of aromatic nitrogens is 2. The number of nitro groups is 1. The van der Waals surface area contributed by atoms with E-state index in [4.69, 9.17) is 0 Å². The van der Waals surface area contributed by atoms with Crippen LogP contribution in [-0.4, -0.2) is 32.3 Å². The maximum Gasteiger partial charge on any atom is 0.269 e. The van der Waals surface area contributed by atoms with Crippen molar-refractivity contribution in [3.63, 3.8) is 0 Å². The fraction of sp³-hybridized carbons (Fsp3) is 0.250. The summed E-state index contributed by atoms with van der Waals surface area (Å²) >= 11 is 0. The standard InChI is InChI=1S/C16H18N4O4/c1-16(22,13-9-18-19(2)10-13)11-17-15(21)8-5-12-3-6-14(7-4-12)20(23)24/h3-10,22H,11H2,1-2H3,(H,17,21)/b8-5+. The summed E-state index contributed by atoms with van der Waals surface area (Å²) in [6, 6.07) is 5.83. The van der Waals surface area contributed by atoms with E-state index in [9.17, 15) is 20.0 Å². The Balaban J connectivity index is 1.91. The Hall–Kier alpha value is -3.00. The van der Waals surface area contributed by atoms with E-state index in [0.29, 0.717) is 11.1 Å². The zero-order chi connectivity index (χ0) is 17.7. The maximum atomic E-state index is 11.8. The Morgan fingerprint density at radius 1 is 1.46 bits per heavy atom. The SMILES string of the molecule is Cn1cc(C(C)(O)CNC(=O)/C=C/c2ccc([N+](=O)[O-])cc2)cn1. The highest BCUT2D eigenvalue weighted by Crippen LogP contribution is 2.18. The fourth-order valence-electron chi connectivity index (χ4n) is 2.00. The summed E-state index contributed by atoms with van der Waals surface area (Å²) in [7, 11) is 1.74. The topological polar surface area (TPSA) is 110 Å². The highest BCUT2D eigenvalue weighted by Gasteiger charge is 2.24. The van der Waals surface area contributed by atoms with Gasteiger partial charge in [-0.25, -0.2) is 0 Å². The summed E-state index contributed by atoms with van der Waals surface area (Å²) in [5.41, 5.74) is 0.0222. The quantitative estimate of drug-likeness (QED) is 0.472. The van der Waals surface area contributed by atoms with Crippen molar-refractivity contribution in [2.24, 2.45) is 7.05 Å². The smallest absolute Gasteiger partial charge is 0.269 e. The van der Waals surface area contributed by atoms with Gasteiger partial charge in [-0.05, 0) is 30.7 Å². The van der Waals surface area contributed by atoms with Gasteiger partial charge in [-0.3, -0.25) is 19.6 Å². The van der Waals surface area contributed by atoms with Crippen LogP contribution in [0.1, 0.15) is 18.1 Å². The molecule has 0 fully saturated rings. The average Bonchev–Trinajstić information content (AvgIpc) is 2.99. The molecule has 0 saturated heterocycles. The monoisotopic (exact) mass is 330 g/mol. The fourth-order valence-corrected chi connectivity index (χ4v) is 2.00. The van der Waals surface area contributed by atoms with Crippen molar-refractivity contribution in [1.82, 2.24) is 15.1 Å². The Morgan fingerprint density at radius 2 is 2.12 bits per heavy atom. The molecule has 1 aromatic heterocycles. The Labute approximate surface area is 138 Å². The molecule has 1 unspecified atom stereocenters. The van der Waals surface area contributed by atoms with Crippen LogP contribution in [0, 0.1) is 10.1 Å². The summed E-state index contributed by atoms with van der Waals surface area (Å²) in [4.78, 5) is 21.9. The molecule has 2 N–H and O–H groups in total. The molecule has 0 aliphatic rings. The minimum Gasteiger partial charge on any atom is -0.383 e. The van der Waals surface area contributed by atoms with Gasteiger partial charge in [0.15, 0.2) is 0 Å². The van der Waals surface area contributed by atoms with Crippen molar-refractivity contribution >= 4 is 17.7 Å². The normalized spacial score (nSPS) is 13.6. The lowest BCUT2D eigenvalue weighted by molar-refractivity contribution is -0.384. The second kappa shape index (κ2) is 7.05. The number of amides is 1. The first-order valence-corrected chi connectivity index (χ1v) is 7.20. The molecule has 126 valence electrons. The number of benzene rings is 1. The van der Waals surface area contributed by atoms with E-state index in [1.165, 1.54) is 24.3 Å². The molecule has 0 radical (unpaired) electrons. The van der Waals surface area contributed by atoms with E-state index in [1.54, 1.807) is 43.2 Å². The minimum atomic E-state index is -1.23. The predicted octanol–water partition coefficient (Wildman–Crippen LogP) is 1.37. The molecule has 2 aromatic rings. The number of hydrogen-bond donors (Lipinski definition) is 2. The molecule has 0 spiro atoms. The van der Waals surface area contributed by atoms with Gasteiger partial charge in [0, 0.05) is 37.0 Å². The third-order valence-electron chi connectivity index (χ3n) is 3.46. The lowest BCUT2D eigenvalue weighted by Gasteiger charge is -2.21. The number of non-ortho nitro benzene ring substituents is 1. The number of carbonyl (C=O) groups excluding carboxylic acids is 1. The molecule has 8 heteroatoms. The van der Waals surface area contributed by atoms with Gasteiger partial charge in [0.25, 0.3) is 5.69 Å². The number of hydrogen-bond acceptors (Lipinski definition) is 5. The number of aliphatic hydroxyl groups is 1. The van der Waals surface area contributed by atoms with E-state index in [2.05, 4.69) is 10.4 Å². The summed E-state index contributed by atoms with van der Waals surface area (Å²) < 4.78 is 1.57. The van der Waals surface area contributed by atoms with Crippen molar-refractivity contribution in [2.75, 3.05) is 6.54 Å². The molecule has 0 aliphatic carbocycles. The molecule has 8 nitrogen and oxygen atoms in total. The Bertz CT molecular complexity index is 763. The lowest BCUT2D eigenvalue weighted by Crippen LogP contribution is -2.37. The van der Waals surface area contributed by atoms with E-state index in [-0.39, 0.29) is 18.1 Å². The molecule has 1 aromatic carbocycles. The zero-order valence-corrected chi connectivity index (χ0v) is 13.3. The van der Waals surface area contributed by atoms with E-state index in [1.807, 2.05) is 0 Å². The van der Waals surface area contributed by atoms with E-state index < -0.39 is 10.5 Å². The van der Waals surface area contributed by atoms with Crippen molar-refractivity contribution in [3.8, 4) is 0 Å². The van der Waals surface area contributed by atoms with Crippen LogP contribution in [0.25, 0.3) is 6.08 Å². The van der Waals surface area contributed by atoms with E-state index in [0.717, 1.165) is 0 Å². The molecule has 1 atom stereocenters. The van der Waals surface area contributed by atoms with Gasteiger partial charge in [-0.15, -0.1) is 0 Å². The van der Waals surface area contributed by atoms with Gasteiger partial charge < -0.3 is 10.4 Å². The summed E-state index contributed by atoms with van der Waals surface area (Å²) in [5.74, 6) is -0.377. The van der Waals surface area contributed by atoms with Crippen LogP contribution in [0.5, 0.6) is 0 Å². The molecular weight excluding hydrogens is 312 g/mol. The molecule has 1 amide bonds. The lowest BCUT2D eigenvalue weighted by atomic mass is 10.00. The van der Waals surface area contributed by atoms with Gasteiger partial charge in [0.1, 0.15) is 5.60 Å². The van der Waals surface area contributed by atoms with Gasteiger partial charge >= 0.3 is 0 Å². The molecular formula is C16H18N4O4. The second-order valence-electron chi connectivity index (χ2n) is 5.58. The first-order chi connectivity index (χ1) is 11.3. The Morgan fingerprint density at radius 3 is 2.67 bits per heavy atom. The minimum absolute atomic E-state index is 0.0101. The second-order valence-corrected chi connectivity index (χ2v) is 5.58. The average molecular weight is 330 g/mol. The number of nitrogens with zero attached hydrogens (tertiary/aromatic N) is 3. The van der Waals surface area contributed by atoms with Crippen LogP contribution in [0.2, 0.25) is 0 Å². The molecule has 1 heterocycles. The molecule has 0 saturated carbocycles. The summed E-state index contributed by atoms with van der Waals surface area (Å²) in [6.45, 7) is 1.62. The predicted molar refractivity (Wildman–Crippen MR) is 87.9 cm³/mol. The highest BCUT2D eigenvalue weighted by atomic mass is 16.6. The first-order valence-electron chi connectivity index (χ1n) is 7.20. The van der Waals surface area contributed by atoms with Crippen molar-refractivity contribution < 1.29 is 14.8 Å². The van der Waals surface area contributed by atoms with Crippen LogP contribution >= 0.6 is 0 Å². The van der Waals surface area contributed by atoms with Gasteiger partial charge in [0.05, 0.1) is 17.7 Å². The van der Waals surface area contributed by atoms with Crippen molar-refractivity contribution in [1.29, 1.82) is 0 Å². The van der Waals surface area contributed by atoms with Gasteiger partial charge in [-0.2, -0.15) is 5.10 Å². The van der Waals surface area contributed by atoms with E-state index >= 15 is 0 Å². The molecule has 0 aliphatic heterocycles. The number of aryl methyl sites for hydroxylation is 1. The van der Waals surface area contributed by atoms with Crippen LogP contribution in [-0.2, 0) is 17.4 Å². The summed E-state index contributed by atoms with van der Waals surface area (Å²) in [6.07, 6.45) is 6.07. The van der Waals surface area contributed by atoms with Crippen LogP contribution in [0.3, 0.4) is 0 Å². The molecule has 24 heavy (non-hydrogen) atoms. The van der Waals surface area contributed by atoms with Gasteiger partial charge in [-0.1, -0.05) is 0 Å². The maximum absolute atomic E-state index is 11.8. The van der Waals surface area contributed by atoms with Crippen molar-refractivity contribution in [2.45, 2.75) is 12.5 Å². The molecule has 0 bridgehead atoms. The van der Waals surface area contributed by atoms with Crippen LogP contribution < -0.4 is 5.32 Å². The number of nitrogens with one attached hydrogen (secondary N) is 1. The highest BCUT2D eigenvalue weighted by molar-refractivity contribution is 5.91. The van der Waals surface area contributed by atoms with Gasteiger partial charge in [0.2, 0.25) is 5.91 Å². The Kier molecular flexibility index (Phi) is 5.10. The zero-order valence-electron chi connectivity index (χ0n) is 13.3. The number of rotatable bonds is 6. The third-order valence-corrected chi connectivity index (χ3v) is 3.46. The number of carbonyl (C=O) groups is 1. The third kappa shape index (κ3) is 4.50. The summed E-state index contributed by atoms with van der Waals surface area (Å²) in [5, 5.41) is 27.5. The first kappa shape index (κ1) is 17.4.